The minimum atomic E-state index is -0.157. The van der Waals surface area contributed by atoms with E-state index in [0.717, 1.165) is 38.0 Å². The molecule has 0 aromatic carbocycles. The van der Waals surface area contributed by atoms with Gasteiger partial charge in [0.15, 0.2) is 0 Å². The summed E-state index contributed by atoms with van der Waals surface area (Å²) in [7, 11) is 0. The number of nitrogens with zero attached hydrogens (tertiary/aromatic N) is 1. The molecule has 0 aromatic heterocycles. The third kappa shape index (κ3) is 2.58. The predicted octanol–water partition coefficient (Wildman–Crippen LogP) is 1.88. The summed E-state index contributed by atoms with van der Waals surface area (Å²) in [4.78, 5) is 38.7. The molecule has 1 saturated heterocycles. The first-order valence-electron chi connectivity index (χ1n) is 9.37. The molecule has 4 rings (SSSR count). The molecule has 5 nitrogen and oxygen atoms in total. The molecule has 0 aromatic rings. The lowest BCUT2D eigenvalue weighted by Gasteiger charge is -2.27. The molecule has 1 aliphatic heterocycles. The van der Waals surface area contributed by atoms with Gasteiger partial charge < -0.3 is 5.32 Å². The highest BCUT2D eigenvalue weighted by Crippen LogP contribution is 2.52. The van der Waals surface area contributed by atoms with E-state index in [1.807, 2.05) is 0 Å². The Balaban J connectivity index is 1.30. The fourth-order valence-corrected chi connectivity index (χ4v) is 5.10. The standard InChI is InChI=1S/C19H26N2O3/c1-11-2-6-14(7-3-11)20-15(22)8-9-21-18(23)16-12-4-5-13(10-12)17(16)19(21)24/h4-5,11-14,16-17H,2-3,6-10H2,1H3,(H,20,22)/t11?,12-,13-,14?,16-,17+/m0/s1. The molecule has 0 unspecified atom stereocenters. The van der Waals surface area contributed by atoms with Crippen LogP contribution in [0.1, 0.15) is 45.4 Å². The number of allylic oxidation sites excluding steroid dienone is 2. The number of imide groups is 1. The summed E-state index contributed by atoms with van der Waals surface area (Å²) < 4.78 is 0. The lowest BCUT2D eigenvalue weighted by Crippen LogP contribution is -2.40. The lowest BCUT2D eigenvalue weighted by atomic mass is 9.85. The Morgan fingerprint density at radius 2 is 1.67 bits per heavy atom. The van der Waals surface area contributed by atoms with Crippen molar-refractivity contribution in [2.24, 2.45) is 29.6 Å². The van der Waals surface area contributed by atoms with E-state index >= 15 is 0 Å². The van der Waals surface area contributed by atoms with Crippen LogP contribution < -0.4 is 5.32 Å². The largest absolute Gasteiger partial charge is 0.353 e. The molecule has 0 radical (unpaired) electrons. The first kappa shape index (κ1) is 15.9. The third-order valence-electron chi connectivity index (χ3n) is 6.51. The van der Waals surface area contributed by atoms with Crippen LogP contribution in [0.3, 0.4) is 0 Å². The second-order valence-electron chi connectivity index (χ2n) is 8.10. The van der Waals surface area contributed by atoms with Gasteiger partial charge in [-0.3, -0.25) is 19.3 Å². The minimum absolute atomic E-state index is 0.0340. The van der Waals surface area contributed by atoms with Crippen LogP contribution in [-0.2, 0) is 14.4 Å². The Kier molecular flexibility index (Phi) is 3.97. The molecule has 24 heavy (non-hydrogen) atoms. The summed E-state index contributed by atoms with van der Waals surface area (Å²) in [6.07, 6.45) is 9.75. The van der Waals surface area contributed by atoms with Crippen molar-refractivity contribution >= 4 is 17.7 Å². The molecule has 4 aliphatic rings. The Hall–Kier alpha value is -1.65. The van der Waals surface area contributed by atoms with Crippen molar-refractivity contribution in [2.45, 2.75) is 51.5 Å². The summed E-state index contributed by atoms with van der Waals surface area (Å²) in [6.45, 7) is 2.49. The van der Waals surface area contributed by atoms with E-state index in [1.165, 1.54) is 4.90 Å². The van der Waals surface area contributed by atoms with Crippen molar-refractivity contribution in [1.82, 2.24) is 10.2 Å². The molecule has 0 spiro atoms. The summed E-state index contributed by atoms with van der Waals surface area (Å²) in [5.74, 6) is 0.766. The molecule has 1 N–H and O–H groups in total. The zero-order valence-electron chi connectivity index (χ0n) is 14.2. The molecular weight excluding hydrogens is 304 g/mol. The molecule has 3 aliphatic carbocycles. The van der Waals surface area contributed by atoms with Gasteiger partial charge in [0.05, 0.1) is 11.8 Å². The van der Waals surface area contributed by atoms with Crippen LogP contribution in [0.2, 0.25) is 0 Å². The lowest BCUT2D eigenvalue weighted by molar-refractivity contribution is -0.141. The third-order valence-corrected chi connectivity index (χ3v) is 6.51. The minimum Gasteiger partial charge on any atom is -0.353 e. The Bertz CT molecular complexity index is 561. The maximum Gasteiger partial charge on any atom is 0.233 e. The highest BCUT2D eigenvalue weighted by atomic mass is 16.2. The van der Waals surface area contributed by atoms with Gasteiger partial charge in [-0.25, -0.2) is 0 Å². The van der Waals surface area contributed by atoms with Gasteiger partial charge in [0.1, 0.15) is 0 Å². The van der Waals surface area contributed by atoms with Crippen LogP contribution in [0.15, 0.2) is 12.2 Å². The first-order chi connectivity index (χ1) is 11.5. The van der Waals surface area contributed by atoms with E-state index in [4.69, 9.17) is 0 Å². The molecule has 2 bridgehead atoms. The molecule has 5 heteroatoms. The Morgan fingerprint density at radius 1 is 1.08 bits per heavy atom. The number of amides is 3. The number of nitrogens with one attached hydrogen (secondary N) is 1. The molecule has 1 heterocycles. The monoisotopic (exact) mass is 330 g/mol. The topological polar surface area (TPSA) is 66.5 Å². The van der Waals surface area contributed by atoms with Gasteiger partial charge in [0.25, 0.3) is 0 Å². The van der Waals surface area contributed by atoms with Crippen molar-refractivity contribution in [1.29, 1.82) is 0 Å². The Labute approximate surface area is 142 Å². The highest BCUT2D eigenvalue weighted by Gasteiger charge is 2.59. The Morgan fingerprint density at radius 3 is 2.25 bits per heavy atom. The number of hydrogen-bond donors (Lipinski definition) is 1. The maximum absolute atomic E-state index is 12.6. The molecule has 3 fully saturated rings. The van der Waals surface area contributed by atoms with Crippen molar-refractivity contribution in [3.8, 4) is 0 Å². The van der Waals surface area contributed by atoms with Gasteiger partial charge in [0.2, 0.25) is 17.7 Å². The van der Waals surface area contributed by atoms with Crippen molar-refractivity contribution in [3.05, 3.63) is 12.2 Å². The summed E-state index contributed by atoms with van der Waals surface area (Å²) in [6, 6.07) is 0.262. The zero-order valence-corrected chi connectivity index (χ0v) is 14.2. The number of likely N-dealkylation sites (tertiary alicyclic amines) is 1. The molecular formula is C19H26N2O3. The van der Waals surface area contributed by atoms with Crippen LogP contribution in [0.4, 0.5) is 0 Å². The molecule has 3 amide bonds. The van der Waals surface area contributed by atoms with Crippen LogP contribution in [0.25, 0.3) is 0 Å². The van der Waals surface area contributed by atoms with E-state index < -0.39 is 0 Å². The average molecular weight is 330 g/mol. The van der Waals surface area contributed by atoms with Crippen LogP contribution in [0.5, 0.6) is 0 Å². The number of hydrogen-bond acceptors (Lipinski definition) is 3. The van der Waals surface area contributed by atoms with E-state index in [1.54, 1.807) is 0 Å². The maximum atomic E-state index is 12.6. The van der Waals surface area contributed by atoms with Gasteiger partial charge in [-0.1, -0.05) is 19.1 Å². The zero-order chi connectivity index (χ0) is 16.8. The van der Waals surface area contributed by atoms with Gasteiger partial charge in [-0.05, 0) is 49.9 Å². The van der Waals surface area contributed by atoms with Gasteiger partial charge >= 0.3 is 0 Å². The van der Waals surface area contributed by atoms with E-state index in [-0.39, 0.29) is 60.4 Å². The summed E-state index contributed by atoms with van der Waals surface area (Å²) in [5, 5.41) is 3.07. The summed E-state index contributed by atoms with van der Waals surface area (Å²) >= 11 is 0. The molecule has 130 valence electrons. The highest BCUT2D eigenvalue weighted by molar-refractivity contribution is 6.06. The van der Waals surface area contributed by atoms with Crippen LogP contribution in [0, 0.1) is 29.6 Å². The van der Waals surface area contributed by atoms with E-state index in [9.17, 15) is 14.4 Å². The average Bonchev–Trinajstić information content (AvgIpc) is 3.23. The first-order valence-corrected chi connectivity index (χ1v) is 9.37. The van der Waals surface area contributed by atoms with Gasteiger partial charge in [0, 0.05) is 19.0 Å². The number of carbonyl (C=O) groups is 3. The van der Waals surface area contributed by atoms with E-state index in [2.05, 4.69) is 24.4 Å². The van der Waals surface area contributed by atoms with Gasteiger partial charge in [-0.2, -0.15) is 0 Å². The number of carbonyl (C=O) groups excluding carboxylic acids is 3. The second-order valence-corrected chi connectivity index (χ2v) is 8.10. The van der Waals surface area contributed by atoms with Crippen LogP contribution in [-0.4, -0.2) is 35.2 Å². The predicted molar refractivity (Wildman–Crippen MR) is 88.6 cm³/mol. The molecule has 2 saturated carbocycles. The number of rotatable bonds is 4. The van der Waals surface area contributed by atoms with Gasteiger partial charge in [-0.15, -0.1) is 0 Å². The van der Waals surface area contributed by atoms with Crippen molar-refractivity contribution in [2.75, 3.05) is 6.54 Å². The van der Waals surface area contributed by atoms with Crippen molar-refractivity contribution in [3.63, 3.8) is 0 Å². The fraction of sp³-hybridized carbons (Fsp3) is 0.737. The second kappa shape index (κ2) is 6.01. The summed E-state index contributed by atoms with van der Waals surface area (Å²) in [5.41, 5.74) is 0. The van der Waals surface area contributed by atoms with E-state index in [0.29, 0.717) is 0 Å². The fourth-order valence-electron chi connectivity index (χ4n) is 5.10. The quantitative estimate of drug-likeness (QED) is 0.632. The normalized spacial score (nSPS) is 40.3. The molecule has 4 atom stereocenters. The smallest absolute Gasteiger partial charge is 0.233 e. The van der Waals surface area contributed by atoms with Crippen molar-refractivity contribution < 1.29 is 14.4 Å². The number of fused-ring (bicyclic) bond motifs is 5. The van der Waals surface area contributed by atoms with Crippen LogP contribution >= 0.6 is 0 Å². The SMILES string of the molecule is CC1CCC(NC(=O)CCN2C(=O)[C@@H]3[C@H](C2=O)[C@H]2C=C[C@H]3C2)CC1.